The van der Waals surface area contributed by atoms with Gasteiger partial charge in [-0.05, 0) is 0 Å². The van der Waals surface area contributed by atoms with Gasteiger partial charge in [-0.3, -0.25) is 0 Å². The summed E-state index contributed by atoms with van der Waals surface area (Å²) in [6.07, 6.45) is 0.206. The zero-order valence-electron chi connectivity index (χ0n) is 7.06. The average Bonchev–Trinajstić information content (AvgIpc) is 2.45. The molecule has 1 aromatic heterocycles. The molecule has 0 aromatic carbocycles. The Morgan fingerprint density at radius 3 is 2.86 bits per heavy atom. The van der Waals surface area contributed by atoms with Gasteiger partial charge >= 0.3 is 11.9 Å². The molecule has 0 saturated carbocycles. The molecule has 0 atom stereocenters. The maximum absolute atomic E-state index is 11.2. The van der Waals surface area contributed by atoms with Crippen molar-refractivity contribution in [2.45, 2.75) is 12.2 Å². The Hall–Kier alpha value is -1.37. The molecule has 7 heteroatoms. The first-order chi connectivity index (χ1) is 6.48. The van der Waals surface area contributed by atoms with Crippen LogP contribution in [0.5, 0.6) is 0 Å². The SMILES string of the molecule is O=C(O)c1nc2c(o1)CCS(=O)(=O)C2. The van der Waals surface area contributed by atoms with Crippen LogP contribution in [0.1, 0.15) is 22.1 Å². The van der Waals surface area contributed by atoms with Gasteiger partial charge in [0.2, 0.25) is 0 Å². The van der Waals surface area contributed by atoms with Crippen molar-refractivity contribution < 1.29 is 22.7 Å². The molecule has 0 bridgehead atoms. The largest absolute Gasteiger partial charge is 0.474 e. The monoisotopic (exact) mass is 217 g/mol. The van der Waals surface area contributed by atoms with Gasteiger partial charge in [0, 0.05) is 6.42 Å². The van der Waals surface area contributed by atoms with E-state index < -0.39 is 21.7 Å². The van der Waals surface area contributed by atoms with E-state index in [0.717, 1.165) is 0 Å². The van der Waals surface area contributed by atoms with Crippen molar-refractivity contribution in [1.82, 2.24) is 4.98 Å². The van der Waals surface area contributed by atoms with Crippen LogP contribution in [0.4, 0.5) is 0 Å². The smallest absolute Gasteiger partial charge is 0.392 e. The molecule has 0 radical (unpaired) electrons. The predicted octanol–water partition coefficient (Wildman–Crippen LogP) is -0.156. The second-order valence-electron chi connectivity index (χ2n) is 3.04. The zero-order chi connectivity index (χ0) is 10.3. The standard InChI is InChI=1S/C7H7NO5S/c9-7(10)6-8-4-3-14(11,12)2-1-5(4)13-6/h1-3H2,(H,9,10). The summed E-state index contributed by atoms with van der Waals surface area (Å²) in [6.45, 7) is 0. The number of carboxylic acids is 1. The molecule has 14 heavy (non-hydrogen) atoms. The second-order valence-corrected chi connectivity index (χ2v) is 5.22. The number of aromatic nitrogens is 1. The lowest BCUT2D eigenvalue weighted by atomic mass is 10.3. The molecule has 6 nitrogen and oxygen atoms in total. The van der Waals surface area contributed by atoms with Crippen LogP contribution in [0.15, 0.2) is 4.42 Å². The molecule has 2 heterocycles. The van der Waals surface area contributed by atoms with Crippen molar-refractivity contribution >= 4 is 15.8 Å². The minimum absolute atomic E-state index is 0.00570. The van der Waals surface area contributed by atoms with Crippen LogP contribution < -0.4 is 0 Å². The van der Waals surface area contributed by atoms with Gasteiger partial charge in [-0.25, -0.2) is 18.2 Å². The maximum atomic E-state index is 11.2. The minimum atomic E-state index is -3.12. The third-order valence-corrected chi connectivity index (χ3v) is 3.50. The van der Waals surface area contributed by atoms with Crippen molar-refractivity contribution in [2.75, 3.05) is 5.75 Å². The van der Waals surface area contributed by atoms with Gasteiger partial charge in [0.05, 0.1) is 17.2 Å². The topological polar surface area (TPSA) is 97.5 Å². The van der Waals surface area contributed by atoms with Crippen molar-refractivity contribution in [3.8, 4) is 0 Å². The normalized spacial score (nSPS) is 18.9. The number of hydrogen-bond donors (Lipinski definition) is 1. The van der Waals surface area contributed by atoms with Crippen LogP contribution in [-0.2, 0) is 22.0 Å². The number of carbonyl (C=O) groups is 1. The lowest BCUT2D eigenvalue weighted by Gasteiger charge is -2.07. The summed E-state index contributed by atoms with van der Waals surface area (Å²) >= 11 is 0. The number of aromatic carboxylic acids is 1. The van der Waals surface area contributed by atoms with E-state index in [9.17, 15) is 13.2 Å². The Labute approximate surface area is 79.5 Å². The van der Waals surface area contributed by atoms with E-state index in [1.807, 2.05) is 0 Å². The molecule has 1 N–H and O–H groups in total. The molecule has 0 saturated heterocycles. The molecular weight excluding hydrogens is 210 g/mol. The summed E-state index contributed by atoms with van der Waals surface area (Å²) in [5.41, 5.74) is 0.230. The molecule has 1 aliphatic heterocycles. The van der Waals surface area contributed by atoms with E-state index in [2.05, 4.69) is 4.98 Å². The first-order valence-electron chi connectivity index (χ1n) is 3.90. The van der Waals surface area contributed by atoms with E-state index in [4.69, 9.17) is 9.52 Å². The van der Waals surface area contributed by atoms with Crippen LogP contribution in [-0.4, -0.2) is 30.2 Å². The molecule has 0 aliphatic carbocycles. The number of carboxylic acid groups (broad SMARTS) is 1. The van der Waals surface area contributed by atoms with E-state index in [1.54, 1.807) is 0 Å². The third-order valence-electron chi connectivity index (χ3n) is 1.96. The number of rotatable bonds is 1. The van der Waals surface area contributed by atoms with E-state index in [-0.39, 0.29) is 23.6 Å². The van der Waals surface area contributed by atoms with E-state index in [0.29, 0.717) is 5.76 Å². The maximum Gasteiger partial charge on any atom is 0.392 e. The number of oxazole rings is 1. The Kier molecular flexibility index (Phi) is 1.84. The predicted molar refractivity (Wildman–Crippen MR) is 44.7 cm³/mol. The summed E-state index contributed by atoms with van der Waals surface area (Å²) in [4.78, 5) is 14.1. The number of nitrogens with zero attached hydrogens (tertiary/aromatic N) is 1. The van der Waals surface area contributed by atoms with Crippen molar-refractivity contribution in [3.63, 3.8) is 0 Å². The number of sulfone groups is 1. The Morgan fingerprint density at radius 2 is 2.21 bits per heavy atom. The quantitative estimate of drug-likeness (QED) is 0.702. The molecule has 0 fully saturated rings. The third kappa shape index (κ3) is 1.50. The van der Waals surface area contributed by atoms with Crippen LogP contribution >= 0.6 is 0 Å². The van der Waals surface area contributed by atoms with E-state index >= 15 is 0 Å². The minimum Gasteiger partial charge on any atom is -0.474 e. The highest BCUT2D eigenvalue weighted by Crippen LogP contribution is 2.21. The van der Waals surface area contributed by atoms with Gasteiger partial charge in [-0.15, -0.1) is 0 Å². The van der Waals surface area contributed by atoms with Crippen molar-refractivity contribution in [2.24, 2.45) is 0 Å². The molecule has 76 valence electrons. The van der Waals surface area contributed by atoms with Crippen molar-refractivity contribution in [1.29, 1.82) is 0 Å². The molecule has 2 rings (SSSR count). The highest BCUT2D eigenvalue weighted by molar-refractivity contribution is 7.90. The first kappa shape index (κ1) is 9.20. The van der Waals surface area contributed by atoms with Crippen LogP contribution in [0.25, 0.3) is 0 Å². The summed E-state index contributed by atoms with van der Waals surface area (Å²) < 4.78 is 27.2. The molecule has 0 amide bonds. The summed E-state index contributed by atoms with van der Waals surface area (Å²) in [6, 6.07) is 0. The van der Waals surface area contributed by atoms with Crippen LogP contribution in [0.3, 0.4) is 0 Å². The van der Waals surface area contributed by atoms with Gasteiger partial charge in [0.1, 0.15) is 5.76 Å². The molecule has 0 spiro atoms. The van der Waals surface area contributed by atoms with Gasteiger partial charge < -0.3 is 9.52 Å². The van der Waals surface area contributed by atoms with Crippen molar-refractivity contribution in [3.05, 3.63) is 17.3 Å². The molecular formula is C7H7NO5S. The van der Waals surface area contributed by atoms with Gasteiger partial charge in [0.25, 0.3) is 0 Å². The fourth-order valence-electron chi connectivity index (χ4n) is 1.31. The lowest BCUT2D eigenvalue weighted by molar-refractivity contribution is 0.0652. The molecule has 0 unspecified atom stereocenters. The summed E-state index contributed by atoms with van der Waals surface area (Å²) in [5.74, 6) is -1.57. The highest BCUT2D eigenvalue weighted by atomic mass is 32.2. The summed E-state index contributed by atoms with van der Waals surface area (Å²) in [7, 11) is -3.12. The summed E-state index contributed by atoms with van der Waals surface area (Å²) in [5, 5.41) is 8.56. The van der Waals surface area contributed by atoms with Gasteiger partial charge in [0.15, 0.2) is 9.84 Å². The van der Waals surface area contributed by atoms with Gasteiger partial charge in [-0.2, -0.15) is 0 Å². The molecule has 1 aromatic rings. The Balaban J connectivity index is 2.44. The van der Waals surface area contributed by atoms with E-state index in [1.165, 1.54) is 0 Å². The fraction of sp³-hybridized carbons (Fsp3) is 0.429. The van der Waals surface area contributed by atoms with Gasteiger partial charge in [-0.1, -0.05) is 0 Å². The fourth-order valence-corrected chi connectivity index (χ4v) is 2.59. The van der Waals surface area contributed by atoms with Crippen LogP contribution in [0.2, 0.25) is 0 Å². The number of fused-ring (bicyclic) bond motifs is 1. The number of hydrogen-bond acceptors (Lipinski definition) is 5. The Bertz CT molecular complexity index is 486. The Morgan fingerprint density at radius 1 is 1.50 bits per heavy atom. The molecule has 1 aliphatic rings. The second kappa shape index (κ2) is 2.81. The number of aryl methyl sites for hydroxylation is 1. The lowest BCUT2D eigenvalue weighted by Crippen LogP contribution is -2.18. The highest BCUT2D eigenvalue weighted by Gasteiger charge is 2.28. The first-order valence-corrected chi connectivity index (χ1v) is 5.72. The average molecular weight is 217 g/mol. The zero-order valence-corrected chi connectivity index (χ0v) is 7.87. The van der Waals surface area contributed by atoms with Crippen LogP contribution in [0, 0.1) is 0 Å².